The van der Waals surface area contributed by atoms with E-state index in [0.29, 0.717) is 12.4 Å². The number of hydrogen-bond acceptors (Lipinski definition) is 5. The molecule has 2 heterocycles. The summed E-state index contributed by atoms with van der Waals surface area (Å²) in [4.78, 5) is 8.09. The number of nitrogens with two attached hydrogens (primary N) is 1. The van der Waals surface area contributed by atoms with Crippen LogP contribution < -0.4 is 11.3 Å². The van der Waals surface area contributed by atoms with E-state index in [0.717, 1.165) is 11.4 Å². The molecule has 3 N–H and O–H groups in total. The molecule has 80 valence electrons. The lowest BCUT2D eigenvalue weighted by Gasteiger charge is -2.05. The normalized spacial score (nSPS) is 9.75. The van der Waals surface area contributed by atoms with Crippen molar-refractivity contribution in [2.45, 2.75) is 6.54 Å². The quantitative estimate of drug-likeness (QED) is 0.572. The van der Waals surface area contributed by atoms with Crippen LogP contribution in [0.15, 0.2) is 30.7 Å². The predicted octanol–water partition coefficient (Wildman–Crippen LogP) is 0.484. The highest BCUT2D eigenvalue weighted by Gasteiger charge is 2.03. The van der Waals surface area contributed by atoms with Gasteiger partial charge >= 0.3 is 0 Å². The van der Waals surface area contributed by atoms with E-state index < -0.39 is 0 Å². The number of aromatic nitrogens is 3. The van der Waals surface area contributed by atoms with Crippen LogP contribution in [0.4, 0.5) is 5.69 Å². The van der Waals surface area contributed by atoms with Gasteiger partial charge in [-0.05, 0) is 12.1 Å². The number of hydrogen-bond donors (Lipinski definition) is 2. The fraction of sp³-hybridized carbons (Fsp3) is 0.100. The fourth-order valence-corrected chi connectivity index (χ4v) is 1.38. The third-order valence-corrected chi connectivity index (χ3v) is 2.13. The SMILES string of the molecule is N#Cc1nccn1Cc1cc(NN)ccn1. The molecule has 0 bridgehead atoms. The van der Waals surface area contributed by atoms with Gasteiger partial charge in [0.1, 0.15) is 6.07 Å². The molecule has 0 saturated heterocycles. The number of pyridine rings is 1. The number of anilines is 1. The molecule has 6 nitrogen and oxygen atoms in total. The summed E-state index contributed by atoms with van der Waals surface area (Å²) in [6.07, 6.45) is 4.99. The van der Waals surface area contributed by atoms with Crippen LogP contribution in [0.5, 0.6) is 0 Å². The van der Waals surface area contributed by atoms with Crippen LogP contribution in [-0.4, -0.2) is 14.5 Å². The van der Waals surface area contributed by atoms with Gasteiger partial charge in [0.2, 0.25) is 5.82 Å². The maximum absolute atomic E-state index is 8.80. The van der Waals surface area contributed by atoms with Crippen LogP contribution >= 0.6 is 0 Å². The zero-order valence-electron chi connectivity index (χ0n) is 8.46. The highest BCUT2D eigenvalue weighted by Crippen LogP contribution is 2.08. The molecule has 0 aromatic carbocycles. The van der Waals surface area contributed by atoms with Crippen molar-refractivity contribution in [2.24, 2.45) is 5.84 Å². The molecule has 0 aliphatic carbocycles. The van der Waals surface area contributed by atoms with Gasteiger partial charge in [0.05, 0.1) is 17.9 Å². The van der Waals surface area contributed by atoms with Crippen molar-refractivity contribution in [3.05, 3.63) is 42.2 Å². The Morgan fingerprint density at radius 3 is 3.06 bits per heavy atom. The van der Waals surface area contributed by atoms with Crippen LogP contribution in [0.25, 0.3) is 0 Å². The molecule has 2 aromatic rings. The van der Waals surface area contributed by atoms with Crippen LogP contribution in [0.1, 0.15) is 11.5 Å². The standard InChI is InChI=1S/C10H10N6/c11-6-10-14-3-4-16(10)7-9-5-8(15-12)1-2-13-9/h1-5H,7,12H2,(H,13,15). The summed E-state index contributed by atoms with van der Waals surface area (Å²) in [7, 11) is 0. The molecule has 2 aromatic heterocycles. The van der Waals surface area contributed by atoms with E-state index in [2.05, 4.69) is 15.4 Å². The molecule has 0 unspecified atom stereocenters. The third-order valence-electron chi connectivity index (χ3n) is 2.13. The molecule has 0 atom stereocenters. The van der Waals surface area contributed by atoms with E-state index in [4.69, 9.17) is 11.1 Å². The Morgan fingerprint density at radius 2 is 2.31 bits per heavy atom. The monoisotopic (exact) mass is 214 g/mol. The molecular weight excluding hydrogens is 204 g/mol. The van der Waals surface area contributed by atoms with Crippen molar-refractivity contribution < 1.29 is 0 Å². The van der Waals surface area contributed by atoms with Crippen molar-refractivity contribution in [1.29, 1.82) is 5.26 Å². The summed E-state index contributed by atoms with van der Waals surface area (Å²) in [5.74, 6) is 5.67. The number of imidazole rings is 1. The van der Waals surface area contributed by atoms with Crippen molar-refractivity contribution in [3.63, 3.8) is 0 Å². The van der Waals surface area contributed by atoms with E-state index >= 15 is 0 Å². The Bertz CT molecular complexity index is 524. The molecule has 0 aliphatic heterocycles. The van der Waals surface area contributed by atoms with E-state index in [-0.39, 0.29) is 0 Å². The average Bonchev–Trinajstić information content (AvgIpc) is 2.76. The Balaban J connectivity index is 2.24. The fourth-order valence-electron chi connectivity index (χ4n) is 1.38. The molecular formula is C10H10N6. The van der Waals surface area contributed by atoms with E-state index in [1.54, 1.807) is 29.2 Å². The molecule has 6 heteroatoms. The Hall–Kier alpha value is -2.39. The maximum atomic E-state index is 8.80. The minimum Gasteiger partial charge on any atom is -0.324 e. The van der Waals surface area contributed by atoms with Gasteiger partial charge in [0.25, 0.3) is 0 Å². The lowest BCUT2D eigenvalue weighted by molar-refractivity contribution is 0.760. The third kappa shape index (κ3) is 1.99. The van der Waals surface area contributed by atoms with Crippen LogP contribution in [-0.2, 0) is 6.54 Å². The average molecular weight is 214 g/mol. The number of nitrogen functional groups attached to an aromatic ring is 1. The molecule has 0 amide bonds. The number of nitriles is 1. The largest absolute Gasteiger partial charge is 0.324 e. The highest BCUT2D eigenvalue weighted by atomic mass is 15.2. The minimum absolute atomic E-state index is 0.368. The first-order valence-electron chi connectivity index (χ1n) is 4.66. The smallest absolute Gasteiger partial charge is 0.213 e. The van der Waals surface area contributed by atoms with Crippen LogP contribution in [0.2, 0.25) is 0 Å². The Kier molecular flexibility index (Phi) is 2.80. The second kappa shape index (κ2) is 4.42. The van der Waals surface area contributed by atoms with Gasteiger partial charge in [0.15, 0.2) is 0 Å². The molecule has 2 rings (SSSR count). The molecule has 0 spiro atoms. The molecule has 0 saturated carbocycles. The first-order chi connectivity index (χ1) is 7.83. The zero-order valence-corrected chi connectivity index (χ0v) is 8.46. The van der Waals surface area contributed by atoms with Crippen LogP contribution in [0, 0.1) is 11.3 Å². The van der Waals surface area contributed by atoms with Crippen molar-refractivity contribution in [2.75, 3.05) is 5.43 Å². The van der Waals surface area contributed by atoms with Crippen LogP contribution in [0.3, 0.4) is 0 Å². The summed E-state index contributed by atoms with van der Waals surface area (Å²) in [5.41, 5.74) is 4.14. The second-order valence-corrected chi connectivity index (χ2v) is 3.17. The van der Waals surface area contributed by atoms with E-state index in [1.807, 2.05) is 12.1 Å². The predicted molar refractivity (Wildman–Crippen MR) is 58.1 cm³/mol. The molecule has 16 heavy (non-hydrogen) atoms. The van der Waals surface area contributed by atoms with E-state index in [1.165, 1.54) is 0 Å². The van der Waals surface area contributed by atoms with Gasteiger partial charge < -0.3 is 9.99 Å². The lowest BCUT2D eigenvalue weighted by Crippen LogP contribution is -2.08. The summed E-state index contributed by atoms with van der Waals surface area (Å²) in [6, 6.07) is 5.60. The summed E-state index contributed by atoms with van der Waals surface area (Å²) < 4.78 is 1.72. The van der Waals surface area contributed by atoms with Gasteiger partial charge in [-0.3, -0.25) is 10.8 Å². The van der Waals surface area contributed by atoms with Gasteiger partial charge in [-0.15, -0.1) is 0 Å². The first kappa shape index (κ1) is 10.1. The van der Waals surface area contributed by atoms with Gasteiger partial charge in [0, 0.05) is 18.6 Å². The second-order valence-electron chi connectivity index (χ2n) is 3.17. The summed E-state index contributed by atoms with van der Waals surface area (Å²) in [5, 5.41) is 8.80. The van der Waals surface area contributed by atoms with Gasteiger partial charge in [-0.25, -0.2) is 4.98 Å². The Morgan fingerprint density at radius 1 is 1.44 bits per heavy atom. The maximum Gasteiger partial charge on any atom is 0.213 e. The summed E-state index contributed by atoms with van der Waals surface area (Å²) >= 11 is 0. The molecule has 0 radical (unpaired) electrons. The van der Waals surface area contributed by atoms with Gasteiger partial charge in [-0.1, -0.05) is 0 Å². The van der Waals surface area contributed by atoms with Crippen molar-refractivity contribution in [3.8, 4) is 6.07 Å². The Labute approximate surface area is 92.3 Å². The number of rotatable bonds is 3. The topological polar surface area (TPSA) is 92.5 Å². The number of nitrogens with zero attached hydrogens (tertiary/aromatic N) is 4. The zero-order chi connectivity index (χ0) is 11.4. The lowest BCUT2D eigenvalue weighted by atomic mass is 10.3. The summed E-state index contributed by atoms with van der Waals surface area (Å²) in [6.45, 7) is 0.498. The number of nitrogens with one attached hydrogen (secondary N) is 1. The van der Waals surface area contributed by atoms with Gasteiger partial charge in [-0.2, -0.15) is 5.26 Å². The van der Waals surface area contributed by atoms with Crippen molar-refractivity contribution in [1.82, 2.24) is 14.5 Å². The molecule has 0 aliphatic rings. The number of hydrazine groups is 1. The molecule has 0 fully saturated rings. The van der Waals surface area contributed by atoms with Crippen molar-refractivity contribution >= 4 is 5.69 Å². The van der Waals surface area contributed by atoms with E-state index in [9.17, 15) is 0 Å². The minimum atomic E-state index is 0.368. The highest BCUT2D eigenvalue weighted by molar-refractivity contribution is 5.41. The first-order valence-corrected chi connectivity index (χ1v) is 4.66.